The highest BCUT2D eigenvalue weighted by Gasteiger charge is 2.16. The predicted molar refractivity (Wildman–Crippen MR) is 90.1 cm³/mol. The minimum absolute atomic E-state index is 0.0700. The Labute approximate surface area is 138 Å². The van der Waals surface area contributed by atoms with E-state index in [0.29, 0.717) is 30.4 Å². The molecule has 0 saturated heterocycles. The normalized spacial score (nSPS) is 10.1. The van der Waals surface area contributed by atoms with Gasteiger partial charge in [0.15, 0.2) is 5.76 Å². The second-order valence-electron chi connectivity index (χ2n) is 4.81. The number of nitrogens with zero attached hydrogens (tertiary/aromatic N) is 4. The second-order valence-corrected chi connectivity index (χ2v) is 4.81. The van der Waals surface area contributed by atoms with Gasteiger partial charge < -0.3 is 20.8 Å². The fraction of sp³-hybridized carbons (Fsp3) is 0.125. The Hall–Kier alpha value is -3.60. The highest BCUT2D eigenvalue weighted by atomic mass is 16.3. The first-order valence-electron chi connectivity index (χ1n) is 7.28. The van der Waals surface area contributed by atoms with Crippen molar-refractivity contribution >= 4 is 17.6 Å². The van der Waals surface area contributed by atoms with Crippen LogP contribution in [0.4, 0.5) is 17.6 Å². The highest BCUT2D eigenvalue weighted by Crippen LogP contribution is 2.26. The summed E-state index contributed by atoms with van der Waals surface area (Å²) in [6, 6.07) is 11.2. The quantitative estimate of drug-likeness (QED) is 0.589. The van der Waals surface area contributed by atoms with Crippen molar-refractivity contribution in [2.24, 2.45) is 0 Å². The van der Waals surface area contributed by atoms with Gasteiger partial charge in [-0.25, -0.2) is 9.97 Å². The first kappa shape index (κ1) is 15.3. The Morgan fingerprint density at radius 2 is 2.00 bits per heavy atom. The molecule has 3 heterocycles. The highest BCUT2D eigenvalue weighted by molar-refractivity contribution is 5.71. The number of hydrogen-bond donors (Lipinski definition) is 3. The first-order valence-corrected chi connectivity index (χ1v) is 7.28. The molecule has 0 aliphatic heterocycles. The number of aromatic nitrogens is 3. The zero-order chi connectivity index (χ0) is 16.8. The minimum atomic E-state index is 0.0700. The molecule has 120 valence electrons. The van der Waals surface area contributed by atoms with Crippen LogP contribution in [0.2, 0.25) is 0 Å². The molecule has 8 heteroatoms. The van der Waals surface area contributed by atoms with E-state index in [4.69, 9.17) is 10.2 Å². The molecule has 0 aliphatic rings. The number of rotatable bonds is 6. The van der Waals surface area contributed by atoms with Crippen molar-refractivity contribution in [3.8, 4) is 17.5 Å². The Balaban J connectivity index is 1.72. The van der Waals surface area contributed by atoms with E-state index in [1.54, 1.807) is 18.3 Å². The summed E-state index contributed by atoms with van der Waals surface area (Å²) < 4.78 is 5.31. The number of pyridine rings is 1. The SMILES string of the molecule is N#Cc1c(NCCNc2ccccn2)nc(N)nc1-c1ccco1. The molecular weight excluding hydrogens is 306 g/mol. The van der Waals surface area contributed by atoms with Gasteiger partial charge in [-0.3, -0.25) is 0 Å². The summed E-state index contributed by atoms with van der Waals surface area (Å²) >= 11 is 0. The molecule has 0 bridgehead atoms. The second kappa shape index (κ2) is 7.11. The number of nitrogens with two attached hydrogens (primary N) is 1. The van der Waals surface area contributed by atoms with E-state index in [1.165, 1.54) is 6.26 Å². The first-order chi connectivity index (χ1) is 11.8. The molecule has 0 spiro atoms. The number of nitrogen functional groups attached to an aromatic ring is 1. The van der Waals surface area contributed by atoms with Crippen LogP contribution in [0.5, 0.6) is 0 Å². The van der Waals surface area contributed by atoms with Gasteiger partial charge in [0.25, 0.3) is 0 Å². The van der Waals surface area contributed by atoms with Gasteiger partial charge in [0, 0.05) is 19.3 Å². The number of furan rings is 1. The van der Waals surface area contributed by atoms with Crippen molar-refractivity contribution in [2.45, 2.75) is 0 Å². The molecule has 0 aromatic carbocycles. The summed E-state index contributed by atoms with van der Waals surface area (Å²) in [7, 11) is 0. The van der Waals surface area contributed by atoms with E-state index < -0.39 is 0 Å². The molecule has 0 saturated carbocycles. The van der Waals surface area contributed by atoms with Crippen LogP contribution < -0.4 is 16.4 Å². The van der Waals surface area contributed by atoms with Gasteiger partial charge in [-0.15, -0.1) is 0 Å². The van der Waals surface area contributed by atoms with E-state index in [-0.39, 0.29) is 11.5 Å². The standard InChI is InChI=1S/C16H15N7O/c17-10-11-14(12-4-3-9-24-12)22-16(18)23-15(11)21-8-7-20-13-5-1-2-6-19-13/h1-6,9H,7-8H2,(H,19,20)(H3,18,21,22,23). The van der Waals surface area contributed by atoms with Crippen LogP contribution >= 0.6 is 0 Å². The van der Waals surface area contributed by atoms with Crippen molar-refractivity contribution in [2.75, 3.05) is 29.5 Å². The predicted octanol–water partition coefficient (Wildman–Crippen LogP) is 2.11. The molecule has 0 fully saturated rings. The monoisotopic (exact) mass is 321 g/mol. The molecule has 0 atom stereocenters. The largest absolute Gasteiger partial charge is 0.463 e. The molecular formula is C16H15N7O. The lowest BCUT2D eigenvalue weighted by atomic mass is 10.2. The van der Waals surface area contributed by atoms with E-state index in [2.05, 4.69) is 31.7 Å². The number of hydrogen-bond acceptors (Lipinski definition) is 8. The van der Waals surface area contributed by atoms with Crippen molar-refractivity contribution in [3.05, 3.63) is 48.4 Å². The average molecular weight is 321 g/mol. The third kappa shape index (κ3) is 3.41. The Morgan fingerprint density at radius 3 is 2.71 bits per heavy atom. The zero-order valence-corrected chi connectivity index (χ0v) is 12.7. The van der Waals surface area contributed by atoms with E-state index in [1.807, 2.05) is 18.2 Å². The summed E-state index contributed by atoms with van der Waals surface area (Å²) in [6.45, 7) is 1.13. The van der Waals surface area contributed by atoms with Gasteiger partial charge in [0.1, 0.15) is 29.0 Å². The van der Waals surface area contributed by atoms with Crippen LogP contribution in [-0.2, 0) is 0 Å². The summed E-state index contributed by atoms with van der Waals surface area (Å²) in [5, 5.41) is 15.7. The van der Waals surface area contributed by atoms with Crippen LogP contribution in [0, 0.1) is 11.3 Å². The zero-order valence-electron chi connectivity index (χ0n) is 12.7. The molecule has 3 aromatic rings. The summed E-state index contributed by atoms with van der Waals surface area (Å²) in [4.78, 5) is 12.4. The fourth-order valence-corrected chi connectivity index (χ4v) is 2.14. The third-order valence-corrected chi connectivity index (χ3v) is 3.18. The molecule has 0 unspecified atom stereocenters. The lowest BCUT2D eigenvalue weighted by Crippen LogP contribution is -2.16. The van der Waals surface area contributed by atoms with Gasteiger partial charge >= 0.3 is 0 Å². The van der Waals surface area contributed by atoms with Crippen LogP contribution in [0.3, 0.4) is 0 Å². The van der Waals surface area contributed by atoms with Gasteiger partial charge in [0.05, 0.1) is 6.26 Å². The summed E-state index contributed by atoms with van der Waals surface area (Å²) in [6.07, 6.45) is 3.23. The maximum Gasteiger partial charge on any atom is 0.222 e. The molecule has 3 aromatic heterocycles. The number of anilines is 3. The van der Waals surface area contributed by atoms with Crippen molar-refractivity contribution in [1.82, 2.24) is 15.0 Å². The third-order valence-electron chi connectivity index (χ3n) is 3.18. The van der Waals surface area contributed by atoms with Crippen LogP contribution in [0.25, 0.3) is 11.5 Å². The van der Waals surface area contributed by atoms with Crippen LogP contribution in [0.1, 0.15) is 5.56 Å². The van der Waals surface area contributed by atoms with Gasteiger partial charge in [-0.2, -0.15) is 10.2 Å². The van der Waals surface area contributed by atoms with Crippen molar-refractivity contribution in [1.29, 1.82) is 5.26 Å². The average Bonchev–Trinajstić information content (AvgIpc) is 3.13. The van der Waals surface area contributed by atoms with Crippen molar-refractivity contribution < 1.29 is 4.42 Å². The summed E-state index contributed by atoms with van der Waals surface area (Å²) in [5.41, 5.74) is 6.40. The molecule has 4 N–H and O–H groups in total. The van der Waals surface area contributed by atoms with E-state index >= 15 is 0 Å². The lowest BCUT2D eigenvalue weighted by Gasteiger charge is -2.11. The molecule has 0 radical (unpaired) electrons. The Bertz CT molecular complexity index is 841. The lowest BCUT2D eigenvalue weighted by molar-refractivity contribution is 0.580. The van der Waals surface area contributed by atoms with Crippen molar-refractivity contribution in [3.63, 3.8) is 0 Å². The maximum absolute atomic E-state index is 9.45. The molecule has 0 amide bonds. The molecule has 3 rings (SSSR count). The number of nitrogens with one attached hydrogen (secondary N) is 2. The van der Waals surface area contributed by atoms with Gasteiger partial charge in [-0.1, -0.05) is 6.07 Å². The molecule has 24 heavy (non-hydrogen) atoms. The molecule has 8 nitrogen and oxygen atoms in total. The van der Waals surface area contributed by atoms with E-state index in [0.717, 1.165) is 5.82 Å². The summed E-state index contributed by atoms with van der Waals surface area (Å²) in [5.74, 6) is 1.69. The van der Waals surface area contributed by atoms with E-state index in [9.17, 15) is 5.26 Å². The van der Waals surface area contributed by atoms with Gasteiger partial charge in [0.2, 0.25) is 5.95 Å². The Morgan fingerprint density at radius 1 is 1.12 bits per heavy atom. The Kier molecular flexibility index (Phi) is 4.53. The van der Waals surface area contributed by atoms with Crippen LogP contribution in [0.15, 0.2) is 47.2 Å². The fourth-order valence-electron chi connectivity index (χ4n) is 2.14. The molecule has 0 aliphatic carbocycles. The van der Waals surface area contributed by atoms with Crippen LogP contribution in [-0.4, -0.2) is 28.0 Å². The number of nitriles is 1. The maximum atomic E-state index is 9.45. The topological polar surface area (TPSA) is 126 Å². The smallest absolute Gasteiger partial charge is 0.222 e. The minimum Gasteiger partial charge on any atom is -0.463 e. The van der Waals surface area contributed by atoms with Gasteiger partial charge in [-0.05, 0) is 24.3 Å².